The molecule has 2 aliphatic rings. The third-order valence-corrected chi connectivity index (χ3v) is 3.75. The summed E-state index contributed by atoms with van der Waals surface area (Å²) >= 11 is 0. The van der Waals surface area contributed by atoms with Crippen molar-refractivity contribution in [3.8, 4) is 0 Å². The molecule has 0 aromatic heterocycles. The van der Waals surface area contributed by atoms with Gasteiger partial charge >= 0.3 is 0 Å². The molecule has 3 heteroatoms. The Morgan fingerprint density at radius 1 is 1.33 bits per heavy atom. The number of nitrogens with two attached hydrogens (primary N) is 1. The molecule has 1 saturated carbocycles. The quantitative estimate of drug-likeness (QED) is 0.767. The second-order valence-corrected chi connectivity index (χ2v) is 5.12. The highest BCUT2D eigenvalue weighted by Gasteiger charge is 2.34. The van der Waals surface area contributed by atoms with Crippen LogP contribution in [0.4, 0.5) is 0 Å². The van der Waals surface area contributed by atoms with Crippen LogP contribution in [0.2, 0.25) is 0 Å². The van der Waals surface area contributed by atoms with Crippen molar-refractivity contribution in [2.75, 3.05) is 6.54 Å². The van der Waals surface area contributed by atoms with E-state index in [0.717, 1.165) is 19.3 Å². The molecule has 2 fully saturated rings. The van der Waals surface area contributed by atoms with Crippen molar-refractivity contribution >= 4 is 5.91 Å². The van der Waals surface area contributed by atoms with Crippen LogP contribution in [0.25, 0.3) is 0 Å². The number of carbonyl (C=O) groups is 1. The smallest absolute Gasteiger partial charge is 0.223 e. The van der Waals surface area contributed by atoms with Crippen LogP contribution in [0.15, 0.2) is 0 Å². The van der Waals surface area contributed by atoms with E-state index in [0.29, 0.717) is 30.5 Å². The average molecular weight is 210 g/mol. The first-order chi connectivity index (χ1) is 7.22. The standard InChI is InChI=1S/C12H22N2O/c1-9-3-2-4-11(8-13)14(9)12(15)7-10-5-6-10/h9-11H,2-8,13H2,1H3. The van der Waals surface area contributed by atoms with Gasteiger partial charge in [-0.05, 0) is 44.9 Å². The van der Waals surface area contributed by atoms with Gasteiger partial charge in [-0.25, -0.2) is 0 Å². The van der Waals surface area contributed by atoms with E-state index in [1.165, 1.54) is 19.3 Å². The molecule has 0 bridgehead atoms. The van der Waals surface area contributed by atoms with Gasteiger partial charge in [0.15, 0.2) is 0 Å². The molecule has 1 heterocycles. The van der Waals surface area contributed by atoms with E-state index >= 15 is 0 Å². The minimum absolute atomic E-state index is 0.306. The minimum atomic E-state index is 0.306. The lowest BCUT2D eigenvalue weighted by atomic mass is 9.95. The van der Waals surface area contributed by atoms with E-state index in [4.69, 9.17) is 5.73 Å². The van der Waals surface area contributed by atoms with Crippen LogP contribution in [-0.2, 0) is 4.79 Å². The Balaban J connectivity index is 1.97. The number of rotatable bonds is 3. The van der Waals surface area contributed by atoms with Gasteiger partial charge in [-0.1, -0.05) is 0 Å². The van der Waals surface area contributed by atoms with Crippen molar-refractivity contribution < 1.29 is 4.79 Å². The van der Waals surface area contributed by atoms with Crippen molar-refractivity contribution in [3.63, 3.8) is 0 Å². The van der Waals surface area contributed by atoms with Crippen molar-refractivity contribution in [1.82, 2.24) is 4.90 Å². The normalized spacial score (nSPS) is 31.7. The number of hydrogen-bond acceptors (Lipinski definition) is 2. The topological polar surface area (TPSA) is 46.3 Å². The van der Waals surface area contributed by atoms with Gasteiger partial charge in [-0.3, -0.25) is 4.79 Å². The zero-order valence-electron chi connectivity index (χ0n) is 9.61. The first kappa shape index (κ1) is 10.9. The van der Waals surface area contributed by atoms with Crippen molar-refractivity contribution in [2.24, 2.45) is 11.7 Å². The number of amides is 1. The molecular weight excluding hydrogens is 188 g/mol. The molecule has 15 heavy (non-hydrogen) atoms. The molecule has 86 valence electrons. The molecule has 1 aliphatic heterocycles. The van der Waals surface area contributed by atoms with Gasteiger partial charge < -0.3 is 10.6 Å². The number of carbonyl (C=O) groups excluding carboxylic acids is 1. The molecule has 0 aromatic rings. The van der Waals surface area contributed by atoms with Gasteiger partial charge in [0.1, 0.15) is 0 Å². The van der Waals surface area contributed by atoms with Crippen LogP contribution in [0, 0.1) is 5.92 Å². The molecule has 1 saturated heterocycles. The summed E-state index contributed by atoms with van der Waals surface area (Å²) in [6.45, 7) is 2.79. The Morgan fingerprint density at radius 3 is 2.67 bits per heavy atom. The van der Waals surface area contributed by atoms with E-state index in [9.17, 15) is 4.79 Å². The first-order valence-electron chi connectivity index (χ1n) is 6.23. The fraction of sp³-hybridized carbons (Fsp3) is 0.917. The maximum atomic E-state index is 12.1. The summed E-state index contributed by atoms with van der Waals surface area (Å²) < 4.78 is 0. The Hall–Kier alpha value is -0.570. The molecular formula is C12H22N2O. The lowest BCUT2D eigenvalue weighted by molar-refractivity contribution is -0.137. The zero-order chi connectivity index (χ0) is 10.8. The van der Waals surface area contributed by atoms with E-state index < -0.39 is 0 Å². The van der Waals surface area contributed by atoms with E-state index in [2.05, 4.69) is 11.8 Å². The van der Waals surface area contributed by atoms with Crippen molar-refractivity contribution in [3.05, 3.63) is 0 Å². The van der Waals surface area contributed by atoms with Gasteiger partial charge in [0.05, 0.1) is 0 Å². The fourth-order valence-electron chi connectivity index (χ4n) is 2.64. The van der Waals surface area contributed by atoms with Crippen LogP contribution in [0.3, 0.4) is 0 Å². The summed E-state index contributed by atoms with van der Waals surface area (Å²) in [5, 5.41) is 0. The van der Waals surface area contributed by atoms with Gasteiger partial charge in [0.25, 0.3) is 0 Å². The molecule has 1 amide bonds. The van der Waals surface area contributed by atoms with E-state index in [-0.39, 0.29) is 0 Å². The van der Waals surface area contributed by atoms with Gasteiger partial charge in [0.2, 0.25) is 5.91 Å². The Kier molecular flexibility index (Phi) is 3.29. The predicted molar refractivity (Wildman–Crippen MR) is 60.3 cm³/mol. The largest absolute Gasteiger partial charge is 0.336 e. The van der Waals surface area contributed by atoms with Crippen molar-refractivity contribution in [2.45, 2.75) is 57.5 Å². The zero-order valence-corrected chi connectivity index (χ0v) is 9.61. The van der Waals surface area contributed by atoms with Crippen molar-refractivity contribution in [1.29, 1.82) is 0 Å². The number of nitrogens with zero attached hydrogens (tertiary/aromatic N) is 1. The Labute approximate surface area is 92.0 Å². The van der Waals surface area contributed by atoms with E-state index in [1.807, 2.05) is 0 Å². The summed E-state index contributed by atoms with van der Waals surface area (Å²) in [7, 11) is 0. The van der Waals surface area contributed by atoms with E-state index in [1.54, 1.807) is 0 Å². The summed E-state index contributed by atoms with van der Waals surface area (Å²) in [4.78, 5) is 14.2. The molecule has 2 unspecified atom stereocenters. The summed E-state index contributed by atoms with van der Waals surface area (Å²) in [5.74, 6) is 1.03. The number of hydrogen-bond donors (Lipinski definition) is 1. The monoisotopic (exact) mass is 210 g/mol. The lowest BCUT2D eigenvalue weighted by Crippen LogP contribution is -2.51. The van der Waals surface area contributed by atoms with Crippen LogP contribution in [0.1, 0.15) is 45.4 Å². The second-order valence-electron chi connectivity index (χ2n) is 5.12. The predicted octanol–water partition coefficient (Wildman–Crippen LogP) is 1.51. The molecule has 2 rings (SSSR count). The summed E-state index contributed by atoms with van der Waals surface area (Å²) in [6.07, 6.45) is 6.73. The third kappa shape index (κ3) is 2.51. The molecule has 0 radical (unpaired) electrons. The SMILES string of the molecule is CC1CCCC(CN)N1C(=O)CC1CC1. The molecule has 2 N–H and O–H groups in total. The van der Waals surface area contributed by atoms with Crippen LogP contribution in [0.5, 0.6) is 0 Å². The summed E-state index contributed by atoms with van der Waals surface area (Å²) in [6, 6.07) is 0.707. The lowest BCUT2D eigenvalue weighted by Gasteiger charge is -2.40. The first-order valence-corrected chi connectivity index (χ1v) is 6.23. The Morgan fingerprint density at radius 2 is 2.07 bits per heavy atom. The highest BCUT2D eigenvalue weighted by molar-refractivity contribution is 5.77. The van der Waals surface area contributed by atoms with Crippen LogP contribution >= 0.6 is 0 Å². The van der Waals surface area contributed by atoms with Crippen LogP contribution in [-0.4, -0.2) is 29.4 Å². The van der Waals surface area contributed by atoms with Crippen LogP contribution < -0.4 is 5.73 Å². The fourth-order valence-corrected chi connectivity index (χ4v) is 2.64. The molecule has 2 atom stereocenters. The molecule has 1 aliphatic carbocycles. The highest BCUT2D eigenvalue weighted by atomic mass is 16.2. The third-order valence-electron chi connectivity index (χ3n) is 3.75. The maximum Gasteiger partial charge on any atom is 0.223 e. The second kappa shape index (κ2) is 4.52. The minimum Gasteiger partial charge on any atom is -0.336 e. The maximum absolute atomic E-state index is 12.1. The molecule has 0 aromatic carbocycles. The van der Waals surface area contributed by atoms with Gasteiger partial charge in [-0.15, -0.1) is 0 Å². The summed E-state index contributed by atoms with van der Waals surface area (Å²) in [5.41, 5.74) is 5.75. The van der Waals surface area contributed by atoms with Gasteiger partial charge in [-0.2, -0.15) is 0 Å². The Bertz CT molecular complexity index is 238. The molecule has 3 nitrogen and oxygen atoms in total. The number of piperidine rings is 1. The average Bonchev–Trinajstić information content (AvgIpc) is 3.00. The highest BCUT2D eigenvalue weighted by Crippen LogP contribution is 2.34. The molecule has 0 spiro atoms. The van der Waals surface area contributed by atoms with Gasteiger partial charge in [0, 0.05) is 25.0 Å². The number of likely N-dealkylation sites (tertiary alicyclic amines) is 1.